The highest BCUT2D eigenvalue weighted by molar-refractivity contribution is 6.30. The number of esters is 1. The van der Waals surface area contributed by atoms with Crippen LogP contribution in [-0.4, -0.2) is 36.5 Å². The number of nitrogens with zero attached hydrogens (tertiary/aromatic N) is 2. The van der Waals surface area contributed by atoms with E-state index in [1.165, 1.54) is 13.3 Å². The van der Waals surface area contributed by atoms with Gasteiger partial charge in [-0.05, 0) is 24.6 Å². The molecule has 1 aromatic heterocycles. The minimum absolute atomic E-state index is 0.318. The van der Waals surface area contributed by atoms with Gasteiger partial charge in [-0.25, -0.2) is 9.69 Å². The molecule has 0 saturated heterocycles. The van der Waals surface area contributed by atoms with E-state index in [9.17, 15) is 14.4 Å². The Kier molecular flexibility index (Phi) is 6.18. The second-order valence-corrected chi connectivity index (χ2v) is 7.56. The standard InChI is InChI=1S/C24H19ClN2O5/c1-31-23(29)9-8-22(28)27(20-14-26-13-15-4-2-3-5-17(15)20)24(30)18-10-11-32-21-7-6-16(25)12-19(18)21/h2-9,12-14,18H,10-11H2,1H3/b9-8+/t18-/m0/s1. The van der Waals surface area contributed by atoms with Crippen molar-refractivity contribution in [3.05, 3.63) is 77.6 Å². The van der Waals surface area contributed by atoms with Gasteiger partial charge in [0.05, 0.1) is 31.5 Å². The molecule has 2 heterocycles. The van der Waals surface area contributed by atoms with E-state index in [0.29, 0.717) is 40.4 Å². The summed E-state index contributed by atoms with van der Waals surface area (Å²) in [7, 11) is 1.21. The number of carbonyl (C=O) groups is 3. The molecular weight excluding hydrogens is 432 g/mol. The van der Waals surface area contributed by atoms with Crippen molar-refractivity contribution in [1.82, 2.24) is 4.98 Å². The fourth-order valence-corrected chi connectivity index (χ4v) is 3.86. The number of carbonyl (C=O) groups excluding carboxylic acids is 3. The van der Waals surface area contributed by atoms with Gasteiger partial charge in [-0.2, -0.15) is 0 Å². The van der Waals surface area contributed by atoms with E-state index in [1.807, 2.05) is 18.2 Å². The van der Waals surface area contributed by atoms with Gasteiger partial charge in [0.25, 0.3) is 5.91 Å². The van der Waals surface area contributed by atoms with E-state index in [1.54, 1.807) is 30.5 Å². The highest BCUT2D eigenvalue weighted by Gasteiger charge is 2.35. The van der Waals surface area contributed by atoms with Crippen molar-refractivity contribution in [3.8, 4) is 5.75 Å². The second kappa shape index (κ2) is 9.20. The van der Waals surface area contributed by atoms with Crippen LogP contribution in [0, 0.1) is 0 Å². The summed E-state index contributed by atoms with van der Waals surface area (Å²) in [5.74, 6) is -1.97. The van der Waals surface area contributed by atoms with Crippen molar-refractivity contribution in [2.45, 2.75) is 12.3 Å². The summed E-state index contributed by atoms with van der Waals surface area (Å²) in [6.45, 7) is 0.318. The lowest BCUT2D eigenvalue weighted by Crippen LogP contribution is -2.41. The maximum atomic E-state index is 13.8. The van der Waals surface area contributed by atoms with E-state index < -0.39 is 23.7 Å². The first kappa shape index (κ1) is 21.5. The molecule has 0 radical (unpaired) electrons. The molecule has 32 heavy (non-hydrogen) atoms. The lowest BCUT2D eigenvalue weighted by atomic mass is 9.91. The molecule has 0 saturated carbocycles. The molecule has 0 spiro atoms. The Morgan fingerprint density at radius 1 is 1.16 bits per heavy atom. The van der Waals surface area contributed by atoms with Crippen LogP contribution in [0.2, 0.25) is 5.02 Å². The van der Waals surface area contributed by atoms with Crippen molar-refractivity contribution in [2.24, 2.45) is 0 Å². The Balaban J connectivity index is 1.82. The molecule has 7 nitrogen and oxygen atoms in total. The normalized spacial score (nSPS) is 15.1. The summed E-state index contributed by atoms with van der Waals surface area (Å²) in [6, 6.07) is 12.4. The second-order valence-electron chi connectivity index (χ2n) is 7.12. The van der Waals surface area contributed by atoms with Crippen molar-refractivity contribution < 1.29 is 23.9 Å². The summed E-state index contributed by atoms with van der Waals surface area (Å²) in [6.07, 6.45) is 5.48. The molecule has 2 aromatic carbocycles. The smallest absolute Gasteiger partial charge is 0.330 e. The zero-order chi connectivity index (χ0) is 22.7. The number of ether oxygens (including phenoxy) is 2. The minimum Gasteiger partial charge on any atom is -0.493 e. The predicted molar refractivity (Wildman–Crippen MR) is 120 cm³/mol. The summed E-state index contributed by atoms with van der Waals surface area (Å²) >= 11 is 6.16. The van der Waals surface area contributed by atoms with Gasteiger partial charge in [0.2, 0.25) is 5.91 Å². The summed E-state index contributed by atoms with van der Waals surface area (Å²) in [5.41, 5.74) is 0.930. The molecular formula is C24H19ClN2O5. The van der Waals surface area contributed by atoms with Crippen LogP contribution in [0.5, 0.6) is 5.75 Å². The molecule has 8 heteroatoms. The molecule has 0 bridgehead atoms. The molecule has 4 rings (SSSR count). The molecule has 2 amide bonds. The number of halogens is 1. The summed E-state index contributed by atoms with van der Waals surface area (Å²) in [5, 5.41) is 1.90. The number of hydrogen-bond donors (Lipinski definition) is 0. The number of aromatic nitrogens is 1. The Morgan fingerprint density at radius 3 is 2.78 bits per heavy atom. The van der Waals surface area contributed by atoms with E-state index in [-0.39, 0.29) is 0 Å². The Labute approximate surface area is 189 Å². The van der Waals surface area contributed by atoms with E-state index >= 15 is 0 Å². The SMILES string of the molecule is COC(=O)/C=C/C(=O)N(C(=O)[C@H]1CCOc2ccc(Cl)cc21)c1cncc2ccccc12. The lowest BCUT2D eigenvalue weighted by Gasteiger charge is -2.30. The molecule has 0 N–H and O–H groups in total. The molecule has 0 fully saturated rings. The number of amides is 2. The van der Waals surface area contributed by atoms with E-state index in [2.05, 4.69) is 9.72 Å². The average Bonchev–Trinajstić information content (AvgIpc) is 2.82. The number of anilines is 1. The molecule has 3 aromatic rings. The van der Waals surface area contributed by atoms with Gasteiger partial charge in [0, 0.05) is 39.7 Å². The fraction of sp³-hybridized carbons (Fsp3) is 0.167. The summed E-state index contributed by atoms with van der Waals surface area (Å²) < 4.78 is 10.2. The molecule has 1 atom stereocenters. The van der Waals surface area contributed by atoms with Gasteiger partial charge in [0.1, 0.15) is 5.75 Å². The van der Waals surface area contributed by atoms with Crippen LogP contribution >= 0.6 is 11.6 Å². The van der Waals surface area contributed by atoms with Gasteiger partial charge in [-0.15, -0.1) is 0 Å². The largest absolute Gasteiger partial charge is 0.493 e. The maximum absolute atomic E-state index is 13.8. The van der Waals surface area contributed by atoms with Crippen LogP contribution in [0.1, 0.15) is 17.9 Å². The number of hydrogen-bond acceptors (Lipinski definition) is 6. The lowest BCUT2D eigenvalue weighted by molar-refractivity contribution is -0.135. The van der Waals surface area contributed by atoms with Crippen molar-refractivity contribution in [2.75, 3.05) is 18.6 Å². The number of methoxy groups -OCH3 is 1. The topological polar surface area (TPSA) is 85.8 Å². The highest BCUT2D eigenvalue weighted by atomic mass is 35.5. The molecule has 0 unspecified atom stereocenters. The van der Waals surface area contributed by atoms with Crippen LogP contribution in [0.4, 0.5) is 5.69 Å². The first-order valence-corrected chi connectivity index (χ1v) is 10.3. The van der Waals surface area contributed by atoms with Crippen LogP contribution in [0.25, 0.3) is 10.8 Å². The maximum Gasteiger partial charge on any atom is 0.330 e. The van der Waals surface area contributed by atoms with Crippen molar-refractivity contribution in [3.63, 3.8) is 0 Å². The number of rotatable bonds is 4. The quantitative estimate of drug-likeness (QED) is 0.440. The third-order valence-corrected chi connectivity index (χ3v) is 5.44. The first-order valence-electron chi connectivity index (χ1n) is 9.88. The van der Waals surface area contributed by atoms with E-state index in [4.69, 9.17) is 16.3 Å². The fourth-order valence-electron chi connectivity index (χ4n) is 3.68. The zero-order valence-corrected chi connectivity index (χ0v) is 17.9. The third-order valence-electron chi connectivity index (χ3n) is 5.20. The Hall–Kier alpha value is -3.71. The number of benzene rings is 2. The molecule has 0 aliphatic carbocycles. The zero-order valence-electron chi connectivity index (χ0n) is 17.2. The monoisotopic (exact) mass is 450 g/mol. The van der Waals surface area contributed by atoms with Gasteiger partial charge in [-0.3, -0.25) is 14.6 Å². The number of fused-ring (bicyclic) bond motifs is 2. The van der Waals surface area contributed by atoms with Gasteiger partial charge in [-0.1, -0.05) is 35.9 Å². The van der Waals surface area contributed by atoms with Crippen LogP contribution in [-0.2, 0) is 19.1 Å². The third kappa shape index (κ3) is 4.20. The Morgan fingerprint density at radius 2 is 1.97 bits per heavy atom. The first-order chi connectivity index (χ1) is 15.5. The van der Waals surface area contributed by atoms with E-state index in [0.717, 1.165) is 22.4 Å². The minimum atomic E-state index is -0.704. The number of pyridine rings is 1. The van der Waals surface area contributed by atoms with Gasteiger partial charge in [0.15, 0.2) is 0 Å². The molecule has 162 valence electrons. The van der Waals surface area contributed by atoms with Crippen molar-refractivity contribution >= 4 is 45.8 Å². The summed E-state index contributed by atoms with van der Waals surface area (Å²) in [4.78, 5) is 43.8. The Bertz CT molecular complexity index is 1230. The van der Waals surface area contributed by atoms with Crippen LogP contribution in [0.15, 0.2) is 67.0 Å². The van der Waals surface area contributed by atoms with Gasteiger partial charge < -0.3 is 9.47 Å². The van der Waals surface area contributed by atoms with Crippen LogP contribution in [0.3, 0.4) is 0 Å². The van der Waals surface area contributed by atoms with Crippen molar-refractivity contribution in [1.29, 1.82) is 0 Å². The average molecular weight is 451 g/mol. The molecule has 1 aliphatic heterocycles. The van der Waals surface area contributed by atoms with Gasteiger partial charge >= 0.3 is 5.97 Å². The number of imide groups is 1. The predicted octanol–water partition coefficient (Wildman–Crippen LogP) is 4.04. The molecule has 1 aliphatic rings. The highest BCUT2D eigenvalue weighted by Crippen LogP contribution is 2.38. The van der Waals surface area contributed by atoms with Crippen LogP contribution < -0.4 is 9.64 Å².